The molecule has 0 aliphatic rings. The molecule has 0 aliphatic heterocycles. The fourth-order valence-electron chi connectivity index (χ4n) is 4.22. The molecule has 5 rings (SSSR count). The van der Waals surface area contributed by atoms with Crippen molar-refractivity contribution in [2.75, 3.05) is 5.32 Å². The number of hydrogen-bond donors (Lipinski definition) is 3. The lowest BCUT2D eigenvalue weighted by Crippen LogP contribution is -2.30. The second kappa shape index (κ2) is 14.2. The number of hydrogen-bond acceptors (Lipinski definition) is 8. The molecule has 222 valence electrons. The molecule has 3 aromatic carbocycles. The molecule has 0 bridgehead atoms. The van der Waals surface area contributed by atoms with Crippen molar-refractivity contribution in [2.24, 2.45) is 0 Å². The highest BCUT2D eigenvalue weighted by atomic mass is 35.5. The second-order valence-corrected chi connectivity index (χ2v) is 10.1. The first kappa shape index (κ1) is 30.1. The van der Waals surface area contributed by atoms with Gasteiger partial charge in [-0.15, -0.1) is 5.10 Å². The maximum atomic E-state index is 13.2. The summed E-state index contributed by atoms with van der Waals surface area (Å²) in [5.74, 6) is -0.834. The Morgan fingerprint density at radius 1 is 1.05 bits per heavy atom. The number of tetrazole rings is 1. The molecule has 0 aliphatic carbocycles. The summed E-state index contributed by atoms with van der Waals surface area (Å²) >= 11 is 12.7. The molecule has 14 heteroatoms. The summed E-state index contributed by atoms with van der Waals surface area (Å²) < 4.78 is 6.90. The van der Waals surface area contributed by atoms with Crippen LogP contribution in [-0.4, -0.2) is 48.5 Å². The van der Waals surface area contributed by atoms with Crippen LogP contribution in [0, 0.1) is 0 Å². The van der Waals surface area contributed by atoms with Gasteiger partial charge in [-0.3, -0.25) is 14.4 Å². The Hall–Kier alpha value is -5.33. The van der Waals surface area contributed by atoms with Gasteiger partial charge in [0, 0.05) is 27.9 Å². The maximum Gasteiger partial charge on any atom is 0.308 e. The number of esters is 1. The van der Waals surface area contributed by atoms with Crippen molar-refractivity contribution in [3.8, 4) is 16.9 Å². The smallest absolute Gasteiger partial charge is 0.308 e. The zero-order valence-electron chi connectivity index (χ0n) is 22.9. The number of H-pyrrole nitrogens is 1. The molecule has 2 aromatic heterocycles. The lowest BCUT2D eigenvalue weighted by molar-refractivity contribution is -0.145. The molecular formula is C30H24Cl2N8O4. The average molecular weight is 631 g/mol. The zero-order valence-corrected chi connectivity index (χ0v) is 24.4. The van der Waals surface area contributed by atoms with Gasteiger partial charge in [-0.2, -0.15) is 4.68 Å². The summed E-state index contributed by atoms with van der Waals surface area (Å²) in [6, 6.07) is 20.2. The molecule has 2 amide bonds. The van der Waals surface area contributed by atoms with Crippen LogP contribution < -0.4 is 10.6 Å². The van der Waals surface area contributed by atoms with Gasteiger partial charge in [0.2, 0.25) is 12.3 Å². The number of halogens is 2. The minimum atomic E-state index is -0.920. The van der Waals surface area contributed by atoms with Gasteiger partial charge >= 0.3 is 5.97 Å². The SMILES string of the molecule is O=CNc1ccc(-c2nc([C@H](CC(=O)OCc3ccccc3)NC(=O)/C=C/c3cc(Cl)ccc3-n3cnnn3)[nH]c2Cl)cc1. The van der Waals surface area contributed by atoms with E-state index in [2.05, 4.69) is 36.1 Å². The number of nitrogens with one attached hydrogen (secondary N) is 3. The molecule has 3 N–H and O–H groups in total. The number of aromatic amines is 1. The van der Waals surface area contributed by atoms with Crippen molar-refractivity contribution < 1.29 is 19.1 Å². The van der Waals surface area contributed by atoms with Crippen LogP contribution in [0.4, 0.5) is 5.69 Å². The number of ether oxygens (including phenoxy) is 1. The Morgan fingerprint density at radius 2 is 1.84 bits per heavy atom. The summed E-state index contributed by atoms with van der Waals surface area (Å²) in [6.07, 6.45) is 4.62. The predicted octanol–water partition coefficient (Wildman–Crippen LogP) is 4.93. The lowest BCUT2D eigenvalue weighted by atomic mass is 10.1. The quantitative estimate of drug-likeness (QED) is 0.0994. The fourth-order valence-corrected chi connectivity index (χ4v) is 4.65. The molecule has 0 radical (unpaired) electrons. The number of nitrogens with zero attached hydrogens (tertiary/aromatic N) is 5. The minimum absolute atomic E-state index is 0.0697. The molecule has 0 fully saturated rings. The maximum absolute atomic E-state index is 13.2. The molecule has 0 spiro atoms. The first-order valence-corrected chi connectivity index (χ1v) is 13.9. The van der Waals surface area contributed by atoms with Crippen LogP contribution in [-0.2, 0) is 25.7 Å². The Balaban J connectivity index is 1.37. The lowest BCUT2D eigenvalue weighted by Gasteiger charge is -2.15. The van der Waals surface area contributed by atoms with Gasteiger partial charge in [0.05, 0.1) is 18.2 Å². The zero-order chi connectivity index (χ0) is 30.9. The van der Waals surface area contributed by atoms with E-state index < -0.39 is 17.9 Å². The Kier molecular flexibility index (Phi) is 9.74. The van der Waals surface area contributed by atoms with Crippen LogP contribution in [0.25, 0.3) is 23.0 Å². The number of imidazole rings is 1. The first-order valence-electron chi connectivity index (χ1n) is 13.2. The van der Waals surface area contributed by atoms with Crippen molar-refractivity contribution >= 4 is 53.3 Å². The van der Waals surface area contributed by atoms with Crippen LogP contribution in [0.3, 0.4) is 0 Å². The number of anilines is 1. The van der Waals surface area contributed by atoms with E-state index in [0.717, 1.165) is 5.56 Å². The van der Waals surface area contributed by atoms with Crippen molar-refractivity contribution in [3.63, 3.8) is 0 Å². The van der Waals surface area contributed by atoms with Crippen molar-refractivity contribution in [1.82, 2.24) is 35.5 Å². The van der Waals surface area contributed by atoms with Crippen LogP contribution >= 0.6 is 23.2 Å². The summed E-state index contributed by atoms with van der Waals surface area (Å²) in [4.78, 5) is 44.4. The van der Waals surface area contributed by atoms with Crippen LogP contribution in [0.15, 0.2) is 85.2 Å². The summed E-state index contributed by atoms with van der Waals surface area (Å²) in [5, 5.41) is 17.2. The molecule has 12 nitrogen and oxygen atoms in total. The third-order valence-electron chi connectivity index (χ3n) is 6.32. The topological polar surface area (TPSA) is 157 Å². The van der Waals surface area contributed by atoms with E-state index in [-0.39, 0.29) is 24.0 Å². The van der Waals surface area contributed by atoms with Crippen molar-refractivity contribution in [2.45, 2.75) is 19.1 Å². The van der Waals surface area contributed by atoms with Crippen molar-refractivity contribution in [3.05, 3.63) is 112 Å². The summed E-state index contributed by atoms with van der Waals surface area (Å²) in [5.41, 5.74) is 3.64. The number of rotatable bonds is 12. The van der Waals surface area contributed by atoms with E-state index in [1.165, 1.54) is 17.1 Å². The Labute approximate surface area is 261 Å². The van der Waals surface area contributed by atoms with Crippen LogP contribution in [0.5, 0.6) is 0 Å². The van der Waals surface area contributed by atoms with Gasteiger partial charge in [0.25, 0.3) is 0 Å². The number of carbonyl (C=O) groups excluding carboxylic acids is 3. The van der Waals surface area contributed by atoms with Gasteiger partial charge in [-0.05, 0) is 52.4 Å². The molecule has 5 aromatic rings. The second-order valence-electron chi connectivity index (χ2n) is 9.33. The van der Waals surface area contributed by atoms with E-state index in [0.29, 0.717) is 39.6 Å². The molecule has 0 unspecified atom stereocenters. The molecule has 1 atom stereocenters. The third-order valence-corrected chi connectivity index (χ3v) is 6.83. The fraction of sp³-hybridized carbons (Fsp3) is 0.100. The molecular weight excluding hydrogens is 607 g/mol. The van der Waals surface area contributed by atoms with Crippen LogP contribution in [0.1, 0.15) is 29.4 Å². The monoisotopic (exact) mass is 630 g/mol. The van der Waals surface area contributed by atoms with E-state index in [1.807, 2.05) is 30.3 Å². The van der Waals surface area contributed by atoms with Crippen molar-refractivity contribution in [1.29, 1.82) is 0 Å². The highest BCUT2D eigenvalue weighted by molar-refractivity contribution is 6.32. The van der Waals surface area contributed by atoms with Crippen LogP contribution in [0.2, 0.25) is 10.2 Å². The van der Waals surface area contributed by atoms with Gasteiger partial charge in [-0.25, -0.2) is 4.98 Å². The molecule has 2 heterocycles. The molecule has 0 saturated carbocycles. The molecule has 44 heavy (non-hydrogen) atoms. The highest BCUT2D eigenvalue weighted by Crippen LogP contribution is 2.29. The highest BCUT2D eigenvalue weighted by Gasteiger charge is 2.24. The predicted molar refractivity (Wildman–Crippen MR) is 164 cm³/mol. The van der Waals surface area contributed by atoms with E-state index >= 15 is 0 Å². The van der Waals surface area contributed by atoms with E-state index in [1.54, 1.807) is 48.5 Å². The molecule has 0 saturated heterocycles. The van der Waals surface area contributed by atoms with Gasteiger partial charge in [0.1, 0.15) is 29.6 Å². The van der Waals surface area contributed by atoms with E-state index in [4.69, 9.17) is 27.9 Å². The summed E-state index contributed by atoms with van der Waals surface area (Å²) in [6.45, 7) is 0.0697. The minimum Gasteiger partial charge on any atom is -0.461 e. The normalized spacial score (nSPS) is 11.7. The number of aromatic nitrogens is 6. The Bertz CT molecular complexity index is 1770. The van der Waals surface area contributed by atoms with E-state index in [9.17, 15) is 14.4 Å². The Morgan fingerprint density at radius 3 is 2.57 bits per heavy atom. The largest absolute Gasteiger partial charge is 0.461 e. The number of benzene rings is 3. The number of carbonyl (C=O) groups is 3. The average Bonchev–Trinajstić information content (AvgIpc) is 3.70. The van der Waals surface area contributed by atoms with Gasteiger partial charge in [-0.1, -0.05) is 65.7 Å². The number of amides is 2. The van der Waals surface area contributed by atoms with Gasteiger partial charge < -0.3 is 20.4 Å². The standard InChI is InChI=1S/C30H24Cl2N8O4/c31-22-9-12-25(40-17-34-38-39-40)21(14-22)8-13-26(42)35-24(15-27(43)44-16-19-4-2-1-3-5-19)30-36-28(29(32)37-30)20-6-10-23(11-7-20)33-18-41/h1-14,17-18,24H,15-16H2,(H,33,41)(H,35,42)(H,36,37)/b13-8+/t24-/m0/s1. The van der Waals surface area contributed by atoms with Gasteiger partial charge in [0.15, 0.2) is 0 Å². The summed E-state index contributed by atoms with van der Waals surface area (Å²) in [7, 11) is 0. The first-order chi connectivity index (χ1) is 21.4. The third kappa shape index (κ3) is 7.73.